The molecule has 0 saturated carbocycles. The summed E-state index contributed by atoms with van der Waals surface area (Å²) >= 11 is 0. The Bertz CT molecular complexity index is 223. The zero-order valence-corrected chi connectivity index (χ0v) is 9.39. The number of benzene rings is 1. The van der Waals surface area contributed by atoms with Crippen molar-refractivity contribution in [1.82, 2.24) is 0 Å². The minimum atomic E-state index is -1.45. The minimum Gasteiger partial charge on any atom is -0.434 e. The molecule has 0 aromatic heterocycles. The van der Waals surface area contributed by atoms with Gasteiger partial charge in [-0.25, -0.2) is 0 Å². The summed E-state index contributed by atoms with van der Waals surface area (Å²) < 4.78 is 0. The highest BCUT2D eigenvalue weighted by Crippen LogP contribution is 2.06. The lowest BCUT2D eigenvalue weighted by molar-refractivity contribution is 0.560. The van der Waals surface area contributed by atoms with Crippen molar-refractivity contribution < 1.29 is 4.80 Å². The first-order valence-corrected chi connectivity index (χ1v) is 7.20. The highest BCUT2D eigenvalue weighted by Gasteiger charge is 2.06. The first-order chi connectivity index (χ1) is 6.33. The smallest absolute Gasteiger partial charge is 0.176 e. The van der Waals surface area contributed by atoms with Gasteiger partial charge in [0.2, 0.25) is 0 Å². The van der Waals surface area contributed by atoms with Crippen LogP contribution in [0.25, 0.3) is 0 Å². The molecule has 0 fully saturated rings. The molecule has 0 heterocycles. The van der Waals surface area contributed by atoms with E-state index in [9.17, 15) is 4.80 Å². The lowest BCUT2D eigenvalue weighted by Crippen LogP contribution is -2.15. The van der Waals surface area contributed by atoms with E-state index in [2.05, 4.69) is 19.1 Å². The highest BCUT2D eigenvalue weighted by molar-refractivity contribution is 6.49. The topological polar surface area (TPSA) is 20.2 Å². The summed E-state index contributed by atoms with van der Waals surface area (Å²) in [5.74, 6) is 0. The van der Waals surface area contributed by atoms with E-state index in [1.807, 2.05) is 18.2 Å². The van der Waals surface area contributed by atoms with Crippen LogP contribution in [0.1, 0.15) is 25.3 Å². The zero-order chi connectivity index (χ0) is 9.52. The molecule has 72 valence electrons. The van der Waals surface area contributed by atoms with E-state index < -0.39 is 9.04 Å². The van der Waals surface area contributed by atoms with Gasteiger partial charge in [0.05, 0.1) is 0 Å². The number of hydrogen-bond donors (Lipinski definition) is 1. The Morgan fingerprint density at radius 3 is 2.54 bits per heavy atom. The zero-order valence-electron chi connectivity index (χ0n) is 8.24. The van der Waals surface area contributed by atoms with E-state index in [0.717, 1.165) is 12.1 Å². The van der Waals surface area contributed by atoms with Crippen LogP contribution in [-0.4, -0.2) is 13.8 Å². The Balaban J connectivity index is 2.32. The van der Waals surface area contributed by atoms with Crippen molar-refractivity contribution in [2.75, 3.05) is 0 Å². The molecule has 1 atom stereocenters. The second-order valence-electron chi connectivity index (χ2n) is 3.49. The van der Waals surface area contributed by atoms with Crippen LogP contribution in [0.4, 0.5) is 0 Å². The summed E-state index contributed by atoms with van der Waals surface area (Å²) in [4.78, 5) is 9.77. The molecule has 0 bridgehead atoms. The Hall–Kier alpha value is -0.603. The maximum atomic E-state index is 9.77. The van der Waals surface area contributed by atoms with Crippen LogP contribution >= 0.6 is 0 Å². The van der Waals surface area contributed by atoms with Crippen molar-refractivity contribution in [3.8, 4) is 0 Å². The van der Waals surface area contributed by atoms with Gasteiger partial charge in [-0.3, -0.25) is 0 Å². The van der Waals surface area contributed by atoms with Crippen molar-refractivity contribution in [3.05, 3.63) is 35.9 Å². The average molecular weight is 194 g/mol. The number of rotatable bonds is 5. The van der Waals surface area contributed by atoms with Gasteiger partial charge < -0.3 is 4.80 Å². The van der Waals surface area contributed by atoms with Crippen LogP contribution < -0.4 is 0 Å². The second kappa shape index (κ2) is 5.94. The van der Waals surface area contributed by atoms with Crippen LogP contribution in [0.3, 0.4) is 0 Å². The molecular weight excluding hydrogens is 176 g/mol. The third kappa shape index (κ3) is 4.25. The lowest BCUT2D eigenvalue weighted by Gasteiger charge is -2.06. The van der Waals surface area contributed by atoms with Gasteiger partial charge in [-0.2, -0.15) is 0 Å². The number of unbranched alkanes of at least 4 members (excludes halogenated alkanes) is 1. The molecule has 0 amide bonds. The summed E-state index contributed by atoms with van der Waals surface area (Å²) in [5.41, 5.74) is 1.29. The van der Waals surface area contributed by atoms with E-state index in [1.165, 1.54) is 18.4 Å². The fourth-order valence-electron chi connectivity index (χ4n) is 1.43. The average Bonchev–Trinajstić information content (AvgIpc) is 2.16. The Morgan fingerprint density at radius 2 is 1.92 bits per heavy atom. The van der Waals surface area contributed by atoms with Crippen molar-refractivity contribution in [2.45, 2.75) is 31.9 Å². The van der Waals surface area contributed by atoms with Gasteiger partial charge in [0.15, 0.2) is 9.04 Å². The molecule has 0 aliphatic carbocycles. The van der Waals surface area contributed by atoms with Gasteiger partial charge in [-0.15, -0.1) is 0 Å². The highest BCUT2D eigenvalue weighted by atomic mass is 28.3. The van der Waals surface area contributed by atoms with Crippen LogP contribution in [-0.2, 0) is 6.04 Å². The molecule has 0 aliphatic rings. The van der Waals surface area contributed by atoms with Crippen molar-refractivity contribution >= 4 is 9.04 Å². The van der Waals surface area contributed by atoms with Crippen molar-refractivity contribution in [3.63, 3.8) is 0 Å². The van der Waals surface area contributed by atoms with E-state index in [0.29, 0.717) is 0 Å². The summed E-state index contributed by atoms with van der Waals surface area (Å²) in [6, 6.07) is 12.3. The predicted molar refractivity (Wildman–Crippen MR) is 59.2 cm³/mol. The molecule has 1 unspecified atom stereocenters. The summed E-state index contributed by atoms with van der Waals surface area (Å²) in [7, 11) is -1.45. The molecule has 0 spiro atoms. The predicted octanol–water partition coefficient (Wildman–Crippen LogP) is 2.28. The fourth-order valence-corrected chi connectivity index (χ4v) is 3.33. The fraction of sp³-hybridized carbons (Fsp3) is 0.455. The normalized spacial score (nSPS) is 12.8. The minimum absolute atomic E-state index is 0.931. The third-order valence-corrected chi connectivity index (χ3v) is 4.22. The van der Waals surface area contributed by atoms with E-state index >= 15 is 0 Å². The van der Waals surface area contributed by atoms with Crippen molar-refractivity contribution in [1.29, 1.82) is 0 Å². The standard InChI is InChI=1S/C11H18OSi/c1-2-3-9-13(12)10-11-7-5-4-6-8-11/h4-8,12-13H,2-3,9-10H2,1H3. The van der Waals surface area contributed by atoms with E-state index in [1.54, 1.807) is 0 Å². The maximum Gasteiger partial charge on any atom is 0.176 e. The molecule has 0 radical (unpaired) electrons. The first kappa shape index (κ1) is 10.5. The second-order valence-corrected chi connectivity index (χ2v) is 5.78. The molecule has 0 saturated heterocycles. The van der Waals surface area contributed by atoms with Gasteiger partial charge in [-0.05, 0) is 17.7 Å². The molecule has 1 nitrogen and oxygen atoms in total. The molecule has 13 heavy (non-hydrogen) atoms. The SMILES string of the molecule is CCCC[SiH](O)Cc1ccccc1. The van der Waals surface area contributed by atoms with Crippen LogP contribution in [0, 0.1) is 0 Å². The van der Waals surface area contributed by atoms with Gasteiger partial charge >= 0.3 is 0 Å². The largest absolute Gasteiger partial charge is 0.434 e. The summed E-state index contributed by atoms with van der Waals surface area (Å²) in [6.45, 7) is 2.17. The van der Waals surface area contributed by atoms with Crippen LogP contribution in [0.15, 0.2) is 30.3 Å². The molecule has 0 aliphatic heterocycles. The lowest BCUT2D eigenvalue weighted by atomic mass is 10.2. The Kier molecular flexibility index (Phi) is 4.79. The van der Waals surface area contributed by atoms with Gasteiger partial charge in [-0.1, -0.05) is 50.1 Å². The Morgan fingerprint density at radius 1 is 1.23 bits per heavy atom. The number of hydrogen-bond acceptors (Lipinski definition) is 1. The van der Waals surface area contributed by atoms with Crippen LogP contribution in [0.2, 0.25) is 6.04 Å². The summed E-state index contributed by atoms with van der Waals surface area (Å²) in [6.07, 6.45) is 2.37. The molecule has 1 N–H and O–H groups in total. The molecule has 1 aromatic carbocycles. The Labute approximate surface area is 82.2 Å². The van der Waals surface area contributed by atoms with Gasteiger partial charge in [0.25, 0.3) is 0 Å². The first-order valence-electron chi connectivity index (χ1n) is 5.05. The van der Waals surface area contributed by atoms with E-state index in [4.69, 9.17) is 0 Å². The van der Waals surface area contributed by atoms with Crippen LogP contribution in [0.5, 0.6) is 0 Å². The molecular formula is C11H18OSi. The summed E-state index contributed by atoms with van der Waals surface area (Å²) in [5, 5.41) is 0. The van der Waals surface area contributed by atoms with Gasteiger partial charge in [0, 0.05) is 0 Å². The molecule has 1 aromatic rings. The molecule has 1 rings (SSSR count). The monoisotopic (exact) mass is 194 g/mol. The maximum absolute atomic E-state index is 9.77. The van der Waals surface area contributed by atoms with Gasteiger partial charge in [0.1, 0.15) is 0 Å². The third-order valence-electron chi connectivity index (χ3n) is 2.21. The molecule has 2 heteroatoms. The van der Waals surface area contributed by atoms with E-state index in [-0.39, 0.29) is 0 Å². The quantitative estimate of drug-likeness (QED) is 0.713. The van der Waals surface area contributed by atoms with Crippen molar-refractivity contribution in [2.24, 2.45) is 0 Å².